The van der Waals surface area contributed by atoms with Crippen molar-refractivity contribution >= 4 is 0 Å². The second-order valence-electron chi connectivity index (χ2n) is 3.09. The summed E-state index contributed by atoms with van der Waals surface area (Å²) in [6.07, 6.45) is 5.47. The highest BCUT2D eigenvalue weighted by molar-refractivity contribution is 5.15. The van der Waals surface area contributed by atoms with E-state index < -0.39 is 0 Å². The molecular formula is C11H19N2+. The van der Waals surface area contributed by atoms with Gasteiger partial charge >= 0.3 is 0 Å². The number of nitrogens with zero attached hydrogens (tertiary/aromatic N) is 1. The van der Waals surface area contributed by atoms with Crippen molar-refractivity contribution in [3.63, 3.8) is 0 Å². The second-order valence-corrected chi connectivity index (χ2v) is 3.09. The van der Waals surface area contributed by atoms with Crippen LogP contribution in [-0.4, -0.2) is 6.54 Å². The smallest absolute Gasteiger partial charge is 0.168 e. The predicted molar refractivity (Wildman–Crippen MR) is 54.3 cm³/mol. The van der Waals surface area contributed by atoms with E-state index in [0.717, 1.165) is 0 Å². The Balaban J connectivity index is 0.000000396. The van der Waals surface area contributed by atoms with Crippen LogP contribution < -0.4 is 9.88 Å². The van der Waals surface area contributed by atoms with Crippen LogP contribution in [0.25, 0.3) is 0 Å². The van der Waals surface area contributed by atoms with Crippen molar-refractivity contribution < 1.29 is 4.57 Å². The van der Waals surface area contributed by atoms with E-state index in [1.165, 1.54) is 18.5 Å². The fraction of sp³-hybridized carbons (Fsp3) is 0.545. The highest BCUT2D eigenvalue weighted by Gasteiger charge is 2.18. The number of aromatic nitrogens is 1. The van der Waals surface area contributed by atoms with Crippen LogP contribution in [0.1, 0.15) is 31.9 Å². The van der Waals surface area contributed by atoms with Gasteiger partial charge in [0.15, 0.2) is 12.4 Å². The number of rotatable bonds is 1. The minimum Gasteiger partial charge on any atom is -0.310 e. The van der Waals surface area contributed by atoms with Crippen molar-refractivity contribution in [1.82, 2.24) is 5.32 Å². The summed E-state index contributed by atoms with van der Waals surface area (Å²) in [7, 11) is 2.04. The van der Waals surface area contributed by atoms with Crippen LogP contribution in [0.15, 0.2) is 24.5 Å². The minimum absolute atomic E-state index is 0.621. The maximum absolute atomic E-state index is 3.37. The number of nitrogens with one attached hydrogen (secondary N) is 1. The van der Waals surface area contributed by atoms with Crippen LogP contribution in [0.4, 0.5) is 0 Å². The molecule has 0 bridgehead atoms. The maximum atomic E-state index is 3.37. The summed E-state index contributed by atoms with van der Waals surface area (Å²) in [6, 6.07) is 4.98. The Hall–Kier alpha value is -0.890. The van der Waals surface area contributed by atoms with Gasteiger partial charge in [-0.3, -0.25) is 0 Å². The van der Waals surface area contributed by atoms with Gasteiger partial charge in [0.05, 0.1) is 0 Å². The zero-order chi connectivity index (χ0) is 9.68. The van der Waals surface area contributed by atoms with Crippen molar-refractivity contribution in [3.8, 4) is 0 Å². The quantitative estimate of drug-likeness (QED) is 0.647. The largest absolute Gasteiger partial charge is 0.310 e. The lowest BCUT2D eigenvalue weighted by Gasteiger charge is -2.27. The predicted octanol–water partition coefficient (Wildman–Crippen LogP) is 1.57. The van der Waals surface area contributed by atoms with E-state index in [1.54, 1.807) is 0 Å². The summed E-state index contributed by atoms with van der Waals surface area (Å²) in [5, 5.41) is 3.37. The van der Waals surface area contributed by atoms with E-state index in [-0.39, 0.29) is 0 Å². The van der Waals surface area contributed by atoms with Gasteiger partial charge in [-0.15, -0.1) is 0 Å². The molecule has 0 amide bonds. The first-order valence-corrected chi connectivity index (χ1v) is 5.05. The molecule has 1 aliphatic rings. The number of pyridine rings is 1. The molecule has 0 aliphatic carbocycles. The Morgan fingerprint density at radius 1 is 1.31 bits per heavy atom. The average molecular weight is 179 g/mol. The summed E-state index contributed by atoms with van der Waals surface area (Å²) in [4.78, 5) is 0. The van der Waals surface area contributed by atoms with E-state index in [9.17, 15) is 0 Å². The summed E-state index contributed by atoms with van der Waals surface area (Å²) >= 11 is 0. The summed E-state index contributed by atoms with van der Waals surface area (Å²) in [6.45, 7) is 5.17. The molecule has 0 aromatic carbocycles. The monoisotopic (exact) mass is 179 g/mol. The zero-order valence-electron chi connectivity index (χ0n) is 8.75. The molecule has 1 fully saturated rings. The van der Waals surface area contributed by atoms with Gasteiger partial charge in [0.1, 0.15) is 7.05 Å². The molecule has 0 spiro atoms. The summed E-state index contributed by atoms with van der Waals surface area (Å²) in [5.41, 5.74) is 1.41. The molecule has 1 unspecified atom stereocenters. The van der Waals surface area contributed by atoms with Gasteiger partial charge in [-0.25, -0.2) is 4.57 Å². The molecule has 0 saturated carbocycles. The first-order valence-electron chi connectivity index (χ1n) is 5.05. The number of hydrogen-bond acceptors (Lipinski definition) is 1. The van der Waals surface area contributed by atoms with Crippen LogP contribution in [0, 0.1) is 0 Å². The van der Waals surface area contributed by atoms with Gasteiger partial charge in [-0.2, -0.15) is 0 Å². The molecule has 2 nitrogen and oxygen atoms in total. The van der Waals surface area contributed by atoms with Gasteiger partial charge in [-0.1, -0.05) is 13.8 Å². The van der Waals surface area contributed by atoms with Crippen molar-refractivity contribution in [3.05, 3.63) is 30.1 Å². The van der Waals surface area contributed by atoms with Gasteiger partial charge in [0, 0.05) is 18.2 Å². The Labute approximate surface area is 80.6 Å². The Morgan fingerprint density at radius 2 is 1.85 bits per heavy atom. The lowest BCUT2D eigenvalue weighted by molar-refractivity contribution is -0.671. The normalized spacial score (nSPS) is 19.8. The first kappa shape index (κ1) is 10.2. The summed E-state index contributed by atoms with van der Waals surface area (Å²) in [5.74, 6) is 0. The maximum Gasteiger partial charge on any atom is 0.168 e. The molecule has 0 radical (unpaired) electrons. The van der Waals surface area contributed by atoms with Crippen molar-refractivity contribution in [2.75, 3.05) is 6.54 Å². The summed E-state index contributed by atoms with van der Waals surface area (Å²) < 4.78 is 2.06. The SMILES string of the molecule is CC.C[n+]1ccc(C2CCN2)cc1. The van der Waals surface area contributed by atoms with Crippen LogP contribution in [0.5, 0.6) is 0 Å². The van der Waals surface area contributed by atoms with E-state index in [1.807, 2.05) is 20.9 Å². The molecular weight excluding hydrogens is 160 g/mol. The molecule has 1 aromatic rings. The molecule has 1 saturated heterocycles. The van der Waals surface area contributed by atoms with E-state index in [4.69, 9.17) is 0 Å². The fourth-order valence-corrected chi connectivity index (χ4v) is 1.32. The highest BCUT2D eigenvalue weighted by Crippen LogP contribution is 2.20. The fourth-order valence-electron chi connectivity index (χ4n) is 1.32. The molecule has 2 heterocycles. The third-order valence-electron chi connectivity index (χ3n) is 2.23. The van der Waals surface area contributed by atoms with Gasteiger partial charge < -0.3 is 5.32 Å². The Kier molecular flexibility index (Phi) is 3.90. The van der Waals surface area contributed by atoms with Crippen molar-refractivity contribution in [2.24, 2.45) is 7.05 Å². The molecule has 1 aliphatic heterocycles. The first-order chi connectivity index (χ1) is 6.36. The molecule has 72 valence electrons. The Bertz CT molecular complexity index is 237. The van der Waals surface area contributed by atoms with E-state index in [2.05, 4.69) is 34.4 Å². The van der Waals surface area contributed by atoms with Crippen LogP contribution in [-0.2, 0) is 7.05 Å². The van der Waals surface area contributed by atoms with Crippen LogP contribution in [0.3, 0.4) is 0 Å². The third kappa shape index (κ3) is 2.52. The van der Waals surface area contributed by atoms with Crippen LogP contribution in [0.2, 0.25) is 0 Å². The average Bonchev–Trinajstić information content (AvgIpc) is 2.09. The lowest BCUT2D eigenvalue weighted by atomic mass is 9.99. The van der Waals surface area contributed by atoms with Gasteiger partial charge in [0.2, 0.25) is 0 Å². The molecule has 1 aromatic heterocycles. The molecule has 1 N–H and O–H groups in total. The standard InChI is InChI=1S/C9H13N2.C2H6/c1-11-6-3-8(4-7-11)9-2-5-10-9;1-2/h3-4,6-7,9-10H,2,5H2,1H3;1-2H3/q+1;. The molecule has 2 heteroatoms. The number of aryl methyl sites for hydroxylation is 1. The van der Waals surface area contributed by atoms with Gasteiger partial charge in [-0.05, 0) is 18.5 Å². The van der Waals surface area contributed by atoms with Crippen LogP contribution >= 0.6 is 0 Å². The second kappa shape index (κ2) is 4.97. The lowest BCUT2D eigenvalue weighted by Crippen LogP contribution is -2.36. The molecule has 2 rings (SSSR count). The molecule has 13 heavy (non-hydrogen) atoms. The van der Waals surface area contributed by atoms with Gasteiger partial charge in [0.25, 0.3) is 0 Å². The topological polar surface area (TPSA) is 15.9 Å². The van der Waals surface area contributed by atoms with E-state index >= 15 is 0 Å². The zero-order valence-corrected chi connectivity index (χ0v) is 8.75. The van der Waals surface area contributed by atoms with E-state index in [0.29, 0.717) is 6.04 Å². The highest BCUT2D eigenvalue weighted by atomic mass is 15.0. The van der Waals surface area contributed by atoms with Crippen molar-refractivity contribution in [1.29, 1.82) is 0 Å². The number of hydrogen-bond donors (Lipinski definition) is 1. The Morgan fingerprint density at radius 3 is 2.23 bits per heavy atom. The van der Waals surface area contributed by atoms with Crippen molar-refractivity contribution in [2.45, 2.75) is 26.3 Å². The third-order valence-corrected chi connectivity index (χ3v) is 2.23. The molecule has 1 atom stereocenters. The minimum atomic E-state index is 0.621.